The molecule has 0 radical (unpaired) electrons. The van der Waals surface area contributed by atoms with Crippen molar-refractivity contribution in [3.63, 3.8) is 0 Å². The van der Waals surface area contributed by atoms with Crippen molar-refractivity contribution in [2.45, 2.75) is 31.9 Å². The number of benzene rings is 1. The fourth-order valence-corrected chi connectivity index (χ4v) is 2.79. The summed E-state index contributed by atoms with van der Waals surface area (Å²) in [6.07, 6.45) is 3.06. The quantitative estimate of drug-likeness (QED) is 0.618. The van der Waals surface area contributed by atoms with Gasteiger partial charge in [-0.2, -0.15) is 0 Å². The van der Waals surface area contributed by atoms with Gasteiger partial charge in [-0.25, -0.2) is 0 Å². The van der Waals surface area contributed by atoms with Gasteiger partial charge in [0.25, 0.3) is 5.91 Å². The van der Waals surface area contributed by atoms with Gasteiger partial charge in [0, 0.05) is 26.2 Å². The lowest BCUT2D eigenvalue weighted by atomic mass is 9.91. The Hall–Kier alpha value is -1.65. The number of nitrogens with zero attached hydrogens (tertiary/aromatic N) is 1. The molecule has 1 atom stereocenters. The van der Waals surface area contributed by atoms with Gasteiger partial charge < -0.3 is 15.3 Å². The molecule has 1 aromatic carbocycles. The van der Waals surface area contributed by atoms with Crippen LogP contribution in [0.3, 0.4) is 0 Å². The Morgan fingerprint density at radius 3 is 3.05 bits per heavy atom. The number of likely N-dealkylation sites (tertiary alicyclic amines) is 1. The third kappa shape index (κ3) is 3.93. The maximum Gasteiger partial charge on any atom is 0.256 e. The highest BCUT2D eigenvalue weighted by molar-refractivity contribution is 5.86. The van der Waals surface area contributed by atoms with Crippen LogP contribution in [0.15, 0.2) is 36.9 Å². The largest absolute Gasteiger partial charge is 0.379 e. The van der Waals surface area contributed by atoms with Gasteiger partial charge >= 0.3 is 0 Å². The summed E-state index contributed by atoms with van der Waals surface area (Å²) >= 11 is 0. The highest BCUT2D eigenvalue weighted by Gasteiger charge is 2.41. The number of hydrogen-bond donors (Lipinski definition) is 2. The van der Waals surface area contributed by atoms with E-state index in [4.69, 9.17) is 0 Å². The first-order valence-corrected chi connectivity index (χ1v) is 7.44. The van der Waals surface area contributed by atoms with Crippen LogP contribution in [0.2, 0.25) is 0 Å². The van der Waals surface area contributed by atoms with Crippen molar-refractivity contribution in [1.29, 1.82) is 0 Å². The minimum Gasteiger partial charge on any atom is -0.379 e. The summed E-state index contributed by atoms with van der Waals surface area (Å²) in [4.78, 5) is 14.3. The molecule has 0 aliphatic carbocycles. The Balaban J connectivity index is 2.03. The zero-order chi connectivity index (χ0) is 15.3. The molecule has 1 heterocycles. The summed E-state index contributed by atoms with van der Waals surface area (Å²) in [5.74, 6) is -0.174. The first-order chi connectivity index (χ1) is 10.0. The molecule has 1 aliphatic rings. The lowest BCUT2D eigenvalue weighted by molar-refractivity contribution is -0.157. The predicted octanol–water partition coefficient (Wildman–Crippen LogP) is 1.62. The van der Waals surface area contributed by atoms with Gasteiger partial charge in [0.2, 0.25) is 0 Å². The van der Waals surface area contributed by atoms with Crippen molar-refractivity contribution in [2.24, 2.45) is 0 Å². The lowest BCUT2D eigenvalue weighted by Gasteiger charge is -2.38. The molecule has 1 saturated heterocycles. The molecule has 1 aliphatic heterocycles. The molecular weight excluding hydrogens is 264 g/mol. The van der Waals surface area contributed by atoms with E-state index >= 15 is 0 Å². The molecule has 1 fully saturated rings. The molecule has 2 rings (SSSR count). The van der Waals surface area contributed by atoms with Gasteiger partial charge in [-0.15, -0.1) is 6.58 Å². The molecule has 4 nitrogen and oxygen atoms in total. The van der Waals surface area contributed by atoms with Crippen molar-refractivity contribution in [2.75, 3.05) is 19.6 Å². The fourth-order valence-electron chi connectivity index (χ4n) is 2.79. The van der Waals surface area contributed by atoms with E-state index in [1.54, 1.807) is 11.0 Å². The topological polar surface area (TPSA) is 52.6 Å². The van der Waals surface area contributed by atoms with E-state index in [-0.39, 0.29) is 12.5 Å². The monoisotopic (exact) mass is 288 g/mol. The van der Waals surface area contributed by atoms with Crippen LogP contribution < -0.4 is 5.32 Å². The molecule has 21 heavy (non-hydrogen) atoms. The van der Waals surface area contributed by atoms with Crippen molar-refractivity contribution in [1.82, 2.24) is 10.2 Å². The number of nitrogens with one attached hydrogen (secondary N) is 1. The van der Waals surface area contributed by atoms with Crippen LogP contribution in [0.5, 0.6) is 0 Å². The molecule has 0 aromatic heterocycles. The zero-order valence-corrected chi connectivity index (χ0v) is 12.6. The average Bonchev–Trinajstić information content (AvgIpc) is 2.45. The Kier molecular flexibility index (Phi) is 5.15. The normalized spacial score (nSPS) is 22.4. The van der Waals surface area contributed by atoms with Crippen molar-refractivity contribution in [3.05, 3.63) is 48.0 Å². The maximum absolute atomic E-state index is 12.5. The summed E-state index contributed by atoms with van der Waals surface area (Å²) in [6.45, 7) is 7.80. The minimum atomic E-state index is -1.29. The second-order valence-electron chi connectivity index (χ2n) is 5.77. The van der Waals surface area contributed by atoms with Gasteiger partial charge in [0.1, 0.15) is 0 Å². The van der Waals surface area contributed by atoms with Crippen LogP contribution in [0.1, 0.15) is 24.0 Å². The first-order valence-electron chi connectivity index (χ1n) is 7.44. The van der Waals surface area contributed by atoms with Gasteiger partial charge in [-0.1, -0.05) is 35.9 Å². The molecule has 4 heteroatoms. The Labute approximate surface area is 126 Å². The van der Waals surface area contributed by atoms with E-state index in [1.165, 1.54) is 5.56 Å². The third-order valence-electron chi connectivity index (χ3n) is 3.87. The van der Waals surface area contributed by atoms with Crippen LogP contribution in [-0.2, 0) is 11.3 Å². The Morgan fingerprint density at radius 2 is 2.33 bits per heavy atom. The van der Waals surface area contributed by atoms with Crippen LogP contribution in [0.4, 0.5) is 0 Å². The molecule has 0 bridgehead atoms. The average molecular weight is 288 g/mol. The van der Waals surface area contributed by atoms with Gasteiger partial charge in [0.15, 0.2) is 5.60 Å². The van der Waals surface area contributed by atoms with Gasteiger partial charge in [-0.05, 0) is 25.3 Å². The van der Waals surface area contributed by atoms with E-state index in [1.807, 2.05) is 25.1 Å². The number of aryl methyl sites for hydroxylation is 1. The van der Waals surface area contributed by atoms with Crippen molar-refractivity contribution < 1.29 is 9.90 Å². The van der Waals surface area contributed by atoms with Crippen LogP contribution in [0, 0.1) is 6.92 Å². The lowest BCUT2D eigenvalue weighted by Crippen LogP contribution is -2.57. The third-order valence-corrected chi connectivity index (χ3v) is 3.87. The van der Waals surface area contributed by atoms with Crippen LogP contribution in [0.25, 0.3) is 0 Å². The number of carbonyl (C=O) groups is 1. The predicted molar refractivity (Wildman–Crippen MR) is 83.8 cm³/mol. The van der Waals surface area contributed by atoms with E-state index in [0.29, 0.717) is 26.1 Å². The summed E-state index contributed by atoms with van der Waals surface area (Å²) in [5, 5.41) is 13.6. The molecule has 1 amide bonds. The minimum absolute atomic E-state index is 0.174. The summed E-state index contributed by atoms with van der Waals surface area (Å²) in [7, 11) is 0. The number of amides is 1. The Morgan fingerprint density at radius 1 is 1.52 bits per heavy atom. The van der Waals surface area contributed by atoms with Crippen molar-refractivity contribution in [3.8, 4) is 0 Å². The summed E-state index contributed by atoms with van der Waals surface area (Å²) < 4.78 is 0. The fraction of sp³-hybridized carbons (Fsp3) is 0.471. The van der Waals surface area contributed by atoms with Crippen molar-refractivity contribution >= 4 is 5.91 Å². The number of carbonyl (C=O) groups excluding carboxylic acids is 1. The highest BCUT2D eigenvalue weighted by atomic mass is 16.3. The standard InChI is InChI=1S/C17H24N2O2/c1-3-9-18-13-17(21)8-5-10-19(16(17)20)12-15-7-4-6-14(2)11-15/h3-4,6-7,11,18,21H,1,5,8-10,12-13H2,2H3/t17-/m0/s1. The molecule has 0 spiro atoms. The number of hydrogen-bond acceptors (Lipinski definition) is 3. The molecule has 0 saturated carbocycles. The van der Waals surface area contributed by atoms with Crippen LogP contribution in [-0.4, -0.2) is 41.1 Å². The summed E-state index contributed by atoms with van der Waals surface area (Å²) in [5.41, 5.74) is 0.997. The maximum atomic E-state index is 12.5. The molecule has 114 valence electrons. The number of aliphatic hydroxyl groups is 1. The van der Waals surface area contributed by atoms with Gasteiger partial charge in [0.05, 0.1) is 0 Å². The van der Waals surface area contributed by atoms with E-state index in [9.17, 15) is 9.90 Å². The van der Waals surface area contributed by atoms with Gasteiger partial charge in [-0.3, -0.25) is 4.79 Å². The molecular formula is C17H24N2O2. The van der Waals surface area contributed by atoms with E-state index in [0.717, 1.165) is 12.0 Å². The number of rotatable bonds is 6. The SMILES string of the molecule is C=CCNC[C@@]1(O)CCCN(Cc2cccc(C)c2)C1=O. The van der Waals surface area contributed by atoms with Crippen LogP contribution >= 0.6 is 0 Å². The summed E-state index contributed by atoms with van der Waals surface area (Å²) in [6, 6.07) is 8.13. The first kappa shape index (κ1) is 15.7. The zero-order valence-electron chi connectivity index (χ0n) is 12.6. The van der Waals surface area contributed by atoms with E-state index in [2.05, 4.69) is 18.0 Å². The second kappa shape index (κ2) is 6.87. The Bertz CT molecular complexity index is 515. The number of piperidine rings is 1. The second-order valence-corrected chi connectivity index (χ2v) is 5.77. The smallest absolute Gasteiger partial charge is 0.256 e. The molecule has 1 aromatic rings. The molecule has 2 N–H and O–H groups in total. The molecule has 0 unspecified atom stereocenters. The highest BCUT2D eigenvalue weighted by Crippen LogP contribution is 2.23. The van der Waals surface area contributed by atoms with E-state index < -0.39 is 5.60 Å².